The second-order valence-electron chi connectivity index (χ2n) is 11.1. The van der Waals surface area contributed by atoms with Crippen molar-refractivity contribution in [3.8, 4) is 11.9 Å². The predicted molar refractivity (Wildman–Crippen MR) is 132 cm³/mol. The van der Waals surface area contributed by atoms with Crippen molar-refractivity contribution in [2.24, 2.45) is 0 Å². The maximum absolute atomic E-state index is 6.33. The molecule has 2 rings (SSSR count). The number of nitrogens with zero attached hydrogens (tertiary/aromatic N) is 4. The van der Waals surface area contributed by atoms with Gasteiger partial charge in [-0.05, 0) is 39.3 Å². The van der Waals surface area contributed by atoms with Crippen molar-refractivity contribution in [2.75, 3.05) is 4.23 Å². The smallest absolute Gasteiger partial charge is 0.307 e. The summed E-state index contributed by atoms with van der Waals surface area (Å²) in [4.78, 5) is 14.3. The lowest BCUT2D eigenvalue weighted by atomic mass is 10.6. The minimum absolute atomic E-state index is 0.393. The molecule has 2 aromatic heterocycles. The molecule has 11 heteroatoms. The highest BCUT2D eigenvalue weighted by Crippen LogP contribution is 2.39. The highest BCUT2D eigenvalue weighted by molar-refractivity contribution is 7.24. The van der Waals surface area contributed by atoms with Crippen LogP contribution in [0.4, 0.5) is 5.13 Å². The molecule has 6 nitrogen and oxygen atoms in total. The largest absolute Gasteiger partial charge is 0.530 e. The molecule has 0 spiro atoms. The van der Waals surface area contributed by atoms with Gasteiger partial charge in [-0.2, -0.15) is 9.97 Å². The Morgan fingerprint density at radius 2 is 1.18 bits per heavy atom. The summed E-state index contributed by atoms with van der Waals surface area (Å²) in [6, 6.07) is 0.393. The summed E-state index contributed by atoms with van der Waals surface area (Å²) in [5.74, 6) is 0.632. The Morgan fingerprint density at radius 1 is 0.679 bits per heavy atom. The highest BCUT2D eigenvalue weighted by atomic mass is 32.1. The summed E-state index contributed by atoms with van der Waals surface area (Å²) < 4.78 is 16.0. The van der Waals surface area contributed by atoms with Gasteiger partial charge in [-0.1, -0.05) is 50.6 Å². The second kappa shape index (κ2) is 7.49. The van der Waals surface area contributed by atoms with Gasteiger partial charge in [-0.3, -0.25) is 0 Å². The molecule has 0 atom stereocenters. The fourth-order valence-electron chi connectivity index (χ4n) is 3.12. The summed E-state index contributed by atoms with van der Waals surface area (Å²) in [6.07, 6.45) is 0. The average molecular weight is 473 g/mol. The molecular weight excluding hydrogens is 437 g/mol. The molecule has 0 unspecified atom stereocenters. The highest BCUT2D eigenvalue weighted by Gasteiger charge is 2.37. The van der Waals surface area contributed by atoms with Crippen molar-refractivity contribution in [3.05, 3.63) is 0 Å². The molecule has 0 aliphatic heterocycles. The maximum Gasteiger partial charge on any atom is 0.307 e. The van der Waals surface area contributed by atoms with Crippen LogP contribution in [0.15, 0.2) is 0 Å². The average Bonchev–Trinajstić information content (AvgIpc) is 2.73. The number of thiazole rings is 1. The third-order valence-corrected chi connectivity index (χ3v) is 13.6. The maximum atomic E-state index is 6.33. The van der Waals surface area contributed by atoms with E-state index < -0.39 is 33.1 Å². The third kappa shape index (κ3) is 6.12. The second-order valence-corrected chi connectivity index (χ2v) is 30.9. The standard InChI is InChI=1S/C17H36N4O2SSi4/c1-25(2,3)21(26(4,5)6)17-19-14-13(24-17)15(22-27(7,8)9)20-16(18-14)23-28(10,11)12/h1-12H3. The predicted octanol–water partition coefficient (Wildman–Crippen LogP) is 5.99. The van der Waals surface area contributed by atoms with Crippen LogP contribution in [0.1, 0.15) is 0 Å². The van der Waals surface area contributed by atoms with E-state index in [2.05, 4.69) is 92.8 Å². The van der Waals surface area contributed by atoms with Gasteiger partial charge < -0.3 is 13.1 Å². The molecule has 0 saturated carbocycles. The number of hydrogen-bond donors (Lipinski definition) is 0. The van der Waals surface area contributed by atoms with Crippen molar-refractivity contribution >= 4 is 59.9 Å². The molecule has 0 N–H and O–H groups in total. The Balaban J connectivity index is 2.69. The van der Waals surface area contributed by atoms with Gasteiger partial charge in [0.05, 0.1) is 0 Å². The summed E-state index contributed by atoms with van der Waals surface area (Å²) in [5, 5.41) is 1.05. The van der Waals surface area contributed by atoms with Crippen molar-refractivity contribution in [1.82, 2.24) is 15.0 Å². The van der Waals surface area contributed by atoms with Crippen LogP contribution in [0.2, 0.25) is 78.6 Å². The van der Waals surface area contributed by atoms with Gasteiger partial charge in [0, 0.05) is 0 Å². The Bertz CT molecular complexity index is 834. The van der Waals surface area contributed by atoms with E-state index in [4.69, 9.17) is 13.8 Å². The normalized spacial score (nSPS) is 13.7. The molecule has 0 bridgehead atoms. The summed E-state index contributed by atoms with van der Waals surface area (Å²) >= 11 is 1.67. The van der Waals surface area contributed by atoms with Crippen LogP contribution in [0, 0.1) is 0 Å². The summed E-state index contributed by atoms with van der Waals surface area (Å²) in [7, 11) is -6.88. The number of aromatic nitrogens is 3. The number of fused-ring (bicyclic) bond motifs is 1. The van der Waals surface area contributed by atoms with Crippen LogP contribution < -0.4 is 13.1 Å². The first-order valence-electron chi connectivity index (χ1n) is 9.74. The topological polar surface area (TPSA) is 60.4 Å². The van der Waals surface area contributed by atoms with Crippen LogP contribution in [-0.2, 0) is 0 Å². The van der Waals surface area contributed by atoms with E-state index in [1.165, 1.54) is 0 Å². The molecule has 2 heterocycles. The minimum Gasteiger partial charge on any atom is -0.530 e. The van der Waals surface area contributed by atoms with Crippen molar-refractivity contribution < 1.29 is 8.85 Å². The van der Waals surface area contributed by atoms with E-state index in [-0.39, 0.29) is 0 Å². The molecule has 0 radical (unpaired) electrons. The zero-order chi connectivity index (χ0) is 21.7. The van der Waals surface area contributed by atoms with Gasteiger partial charge in [0.2, 0.25) is 22.5 Å². The van der Waals surface area contributed by atoms with Crippen LogP contribution in [-0.4, -0.2) is 48.1 Å². The SMILES string of the molecule is C[Si](C)(C)Oc1nc(O[Si](C)(C)C)c2sc(N([Si](C)(C)C)[Si](C)(C)C)nc2n1. The lowest BCUT2D eigenvalue weighted by molar-refractivity contribution is 0.483. The Hall–Kier alpha value is -0.762. The first-order valence-corrected chi connectivity index (χ1v) is 24.3. The molecule has 0 fully saturated rings. The Labute approximate surface area is 178 Å². The molecule has 0 aliphatic rings. The summed E-state index contributed by atoms with van der Waals surface area (Å²) in [5.41, 5.74) is 0.693. The van der Waals surface area contributed by atoms with Crippen LogP contribution in [0.25, 0.3) is 10.3 Å². The first kappa shape index (κ1) is 23.5. The van der Waals surface area contributed by atoms with E-state index in [1.54, 1.807) is 11.3 Å². The number of hydrogen-bond acceptors (Lipinski definition) is 7. The fraction of sp³-hybridized carbons (Fsp3) is 0.706. The Morgan fingerprint density at radius 3 is 1.61 bits per heavy atom. The first-order chi connectivity index (χ1) is 12.4. The summed E-state index contributed by atoms with van der Waals surface area (Å²) in [6.45, 7) is 27.1. The Kier molecular flexibility index (Phi) is 6.29. The lowest BCUT2D eigenvalue weighted by Crippen LogP contribution is -2.59. The van der Waals surface area contributed by atoms with Gasteiger partial charge in [0.15, 0.2) is 10.8 Å². The quantitative estimate of drug-likeness (QED) is 0.461. The molecule has 28 heavy (non-hydrogen) atoms. The van der Waals surface area contributed by atoms with Crippen LogP contribution in [0.5, 0.6) is 11.9 Å². The van der Waals surface area contributed by atoms with Crippen LogP contribution in [0.3, 0.4) is 0 Å². The molecule has 158 valence electrons. The molecule has 0 aromatic carbocycles. The molecular formula is C17H36N4O2SSi4. The van der Waals surface area contributed by atoms with E-state index in [1.807, 2.05) is 0 Å². The number of anilines is 1. The van der Waals surface area contributed by atoms with E-state index in [0.29, 0.717) is 17.5 Å². The van der Waals surface area contributed by atoms with Gasteiger partial charge >= 0.3 is 6.01 Å². The van der Waals surface area contributed by atoms with Crippen LogP contribution >= 0.6 is 11.3 Å². The third-order valence-electron chi connectivity index (χ3n) is 3.52. The van der Waals surface area contributed by atoms with Gasteiger partial charge in [0.25, 0.3) is 0 Å². The van der Waals surface area contributed by atoms with Gasteiger partial charge in [-0.25, -0.2) is 4.98 Å². The van der Waals surface area contributed by atoms with E-state index >= 15 is 0 Å². The monoisotopic (exact) mass is 472 g/mol. The molecule has 0 saturated heterocycles. The molecule has 2 aromatic rings. The van der Waals surface area contributed by atoms with Gasteiger partial charge in [-0.15, -0.1) is 0 Å². The van der Waals surface area contributed by atoms with E-state index in [0.717, 1.165) is 9.83 Å². The number of rotatable bonds is 7. The van der Waals surface area contributed by atoms with Crippen molar-refractivity contribution in [2.45, 2.75) is 78.6 Å². The zero-order valence-corrected chi connectivity index (χ0v) is 24.3. The van der Waals surface area contributed by atoms with Crippen molar-refractivity contribution in [1.29, 1.82) is 0 Å². The van der Waals surface area contributed by atoms with E-state index in [9.17, 15) is 0 Å². The fourth-order valence-corrected chi connectivity index (χ4v) is 16.5. The zero-order valence-electron chi connectivity index (χ0n) is 19.5. The molecule has 0 aliphatic carbocycles. The minimum atomic E-state index is -1.84. The van der Waals surface area contributed by atoms with Crippen molar-refractivity contribution in [3.63, 3.8) is 0 Å². The molecule has 0 amide bonds. The lowest BCUT2D eigenvalue weighted by Gasteiger charge is -2.43. The van der Waals surface area contributed by atoms with Gasteiger partial charge in [0.1, 0.15) is 21.2 Å².